The van der Waals surface area contributed by atoms with Crippen molar-refractivity contribution in [2.24, 2.45) is 0 Å². The van der Waals surface area contributed by atoms with Crippen molar-refractivity contribution in [2.45, 2.75) is 0 Å². The van der Waals surface area contributed by atoms with E-state index < -0.39 is 0 Å². The highest BCUT2D eigenvalue weighted by molar-refractivity contribution is 6.21. The van der Waals surface area contributed by atoms with E-state index in [0.717, 1.165) is 55.6 Å². The van der Waals surface area contributed by atoms with Crippen LogP contribution in [-0.4, -0.2) is 4.57 Å². The molecule has 0 amide bonds. The van der Waals surface area contributed by atoms with Gasteiger partial charge in [0.2, 0.25) is 0 Å². The number of furan rings is 1. The molecule has 8 aromatic carbocycles. The molecule has 2 heterocycles. The molecule has 2 aromatic heterocycles. The van der Waals surface area contributed by atoms with Gasteiger partial charge in [-0.25, -0.2) is 0 Å². The fourth-order valence-corrected chi connectivity index (χ4v) is 7.52. The molecule has 10 rings (SSSR count). The summed E-state index contributed by atoms with van der Waals surface area (Å²) in [5.41, 5.74) is 8.46. The van der Waals surface area contributed by atoms with Gasteiger partial charge in [-0.05, 0) is 59.3 Å². The van der Waals surface area contributed by atoms with E-state index in [0.29, 0.717) is 0 Å². The summed E-state index contributed by atoms with van der Waals surface area (Å²) in [6, 6.07) is 60.7. The van der Waals surface area contributed by atoms with Gasteiger partial charge in [0.15, 0.2) is 5.58 Å². The molecule has 3 nitrogen and oxygen atoms in total. The highest BCUT2D eigenvalue weighted by Crippen LogP contribution is 2.48. The lowest BCUT2D eigenvalue weighted by molar-refractivity contribution is 0.673. The molecule has 0 N–H and O–H groups in total. The Morgan fingerprint density at radius 2 is 0.936 bits per heavy atom. The monoisotopic (exact) mass is 600 g/mol. The molecule has 0 bridgehead atoms. The largest absolute Gasteiger partial charge is 0.453 e. The minimum Gasteiger partial charge on any atom is -0.453 e. The van der Waals surface area contributed by atoms with Gasteiger partial charge in [0.1, 0.15) is 5.58 Å². The molecule has 0 spiro atoms. The van der Waals surface area contributed by atoms with Gasteiger partial charge < -0.3 is 13.9 Å². The molecule has 0 aliphatic carbocycles. The summed E-state index contributed by atoms with van der Waals surface area (Å²) in [5.74, 6) is 0. The van der Waals surface area contributed by atoms with E-state index in [-0.39, 0.29) is 0 Å². The molecule has 0 aliphatic heterocycles. The van der Waals surface area contributed by atoms with E-state index >= 15 is 0 Å². The third kappa shape index (κ3) is 3.81. The summed E-state index contributed by atoms with van der Waals surface area (Å²) >= 11 is 0. The second-order valence-electron chi connectivity index (χ2n) is 12.1. The molecule has 0 atom stereocenters. The SMILES string of the molecule is c1ccc(-n2c3ccccc3c3c(N(c4cccc5ccccc45)c4cccc5c4oc4c6ccccc6ccc54)cccc32)cc1. The Labute approximate surface area is 271 Å². The van der Waals surface area contributed by atoms with Crippen LogP contribution in [-0.2, 0) is 0 Å². The van der Waals surface area contributed by atoms with Gasteiger partial charge in [-0.15, -0.1) is 0 Å². The Bertz CT molecular complexity index is 2800. The molecule has 0 unspecified atom stereocenters. The Balaban J connectivity index is 1.36. The van der Waals surface area contributed by atoms with Gasteiger partial charge in [-0.1, -0.05) is 121 Å². The summed E-state index contributed by atoms with van der Waals surface area (Å²) in [7, 11) is 0. The quantitative estimate of drug-likeness (QED) is 0.200. The van der Waals surface area contributed by atoms with Gasteiger partial charge in [0.25, 0.3) is 0 Å². The Kier molecular flexibility index (Phi) is 5.57. The van der Waals surface area contributed by atoms with E-state index in [9.17, 15) is 0 Å². The van der Waals surface area contributed by atoms with E-state index in [1.54, 1.807) is 0 Å². The smallest absolute Gasteiger partial charge is 0.159 e. The summed E-state index contributed by atoms with van der Waals surface area (Å²) in [5, 5.41) is 9.29. The molecular weight excluding hydrogens is 572 g/mol. The van der Waals surface area contributed by atoms with Crippen LogP contribution >= 0.6 is 0 Å². The molecule has 3 heteroatoms. The number of fused-ring (bicyclic) bond motifs is 9. The highest BCUT2D eigenvalue weighted by Gasteiger charge is 2.25. The van der Waals surface area contributed by atoms with Crippen molar-refractivity contribution in [3.05, 3.63) is 170 Å². The van der Waals surface area contributed by atoms with Crippen LogP contribution in [0.4, 0.5) is 17.1 Å². The van der Waals surface area contributed by atoms with Crippen LogP contribution in [0.3, 0.4) is 0 Å². The van der Waals surface area contributed by atoms with Gasteiger partial charge in [0.05, 0.1) is 28.1 Å². The average Bonchev–Trinajstić information content (AvgIpc) is 3.69. The van der Waals surface area contributed by atoms with Crippen molar-refractivity contribution in [1.82, 2.24) is 4.57 Å². The van der Waals surface area contributed by atoms with E-state index in [2.05, 4.69) is 179 Å². The predicted octanol–water partition coefficient (Wildman–Crippen LogP) is 12.5. The third-order valence-electron chi connectivity index (χ3n) is 9.55. The van der Waals surface area contributed by atoms with Crippen LogP contribution in [0.15, 0.2) is 174 Å². The van der Waals surface area contributed by atoms with Gasteiger partial charge >= 0.3 is 0 Å². The number of aromatic nitrogens is 1. The minimum atomic E-state index is 0.871. The summed E-state index contributed by atoms with van der Waals surface area (Å²) in [6.07, 6.45) is 0. The predicted molar refractivity (Wildman–Crippen MR) is 198 cm³/mol. The van der Waals surface area contributed by atoms with Crippen molar-refractivity contribution >= 4 is 82.4 Å². The Hall–Kier alpha value is -6.32. The zero-order valence-corrected chi connectivity index (χ0v) is 25.5. The van der Waals surface area contributed by atoms with Crippen LogP contribution in [0.1, 0.15) is 0 Å². The maximum absolute atomic E-state index is 6.96. The van der Waals surface area contributed by atoms with Gasteiger partial charge in [-0.3, -0.25) is 0 Å². The number of benzene rings is 8. The van der Waals surface area contributed by atoms with Gasteiger partial charge in [0, 0.05) is 38.0 Å². The van der Waals surface area contributed by atoms with Crippen LogP contribution in [0.2, 0.25) is 0 Å². The van der Waals surface area contributed by atoms with E-state index in [1.807, 2.05) is 0 Å². The average molecular weight is 601 g/mol. The number of hydrogen-bond acceptors (Lipinski definition) is 2. The fourth-order valence-electron chi connectivity index (χ4n) is 7.52. The lowest BCUT2D eigenvalue weighted by Gasteiger charge is -2.28. The lowest BCUT2D eigenvalue weighted by Crippen LogP contribution is -2.11. The zero-order valence-electron chi connectivity index (χ0n) is 25.5. The molecule has 220 valence electrons. The van der Waals surface area contributed by atoms with Crippen molar-refractivity contribution < 1.29 is 4.42 Å². The first-order valence-electron chi connectivity index (χ1n) is 16.0. The summed E-state index contributed by atoms with van der Waals surface area (Å²) in [4.78, 5) is 2.42. The van der Waals surface area contributed by atoms with Crippen molar-refractivity contribution in [3.63, 3.8) is 0 Å². The zero-order chi connectivity index (χ0) is 30.9. The van der Waals surface area contributed by atoms with Crippen LogP contribution in [0.5, 0.6) is 0 Å². The summed E-state index contributed by atoms with van der Waals surface area (Å²) in [6.45, 7) is 0. The van der Waals surface area contributed by atoms with Crippen molar-refractivity contribution in [1.29, 1.82) is 0 Å². The molecule has 0 saturated heterocycles. The fraction of sp³-hybridized carbons (Fsp3) is 0. The highest BCUT2D eigenvalue weighted by atomic mass is 16.3. The van der Waals surface area contributed by atoms with Crippen LogP contribution < -0.4 is 4.90 Å². The number of para-hydroxylation sites is 3. The molecule has 47 heavy (non-hydrogen) atoms. The standard InChI is InChI=1S/C44H28N2O/c1-2-16-31(17-3-1)45-38-22-9-8-20-36(38)42-39(45)24-12-25-40(42)46(37-23-10-15-29-13-4-6-18-32(29)37)41-26-11-21-34-35-28-27-30-14-5-7-19-33(30)43(35)47-44(34)41/h1-28H. The first-order chi connectivity index (χ1) is 23.3. The van der Waals surface area contributed by atoms with E-state index in [1.165, 1.54) is 32.4 Å². The maximum atomic E-state index is 6.96. The molecule has 10 aromatic rings. The summed E-state index contributed by atoms with van der Waals surface area (Å²) < 4.78 is 9.34. The second kappa shape index (κ2) is 10.1. The van der Waals surface area contributed by atoms with Crippen molar-refractivity contribution in [3.8, 4) is 5.69 Å². The minimum absolute atomic E-state index is 0.871. The molecule has 0 saturated carbocycles. The normalized spacial score (nSPS) is 11.8. The lowest BCUT2D eigenvalue weighted by atomic mass is 10.0. The number of anilines is 3. The number of nitrogens with zero attached hydrogens (tertiary/aromatic N) is 2. The molecule has 0 aliphatic rings. The Morgan fingerprint density at radius 3 is 1.81 bits per heavy atom. The first kappa shape index (κ1) is 26.0. The van der Waals surface area contributed by atoms with Crippen molar-refractivity contribution in [2.75, 3.05) is 4.90 Å². The maximum Gasteiger partial charge on any atom is 0.159 e. The number of hydrogen-bond donors (Lipinski definition) is 0. The third-order valence-corrected chi connectivity index (χ3v) is 9.55. The Morgan fingerprint density at radius 1 is 0.362 bits per heavy atom. The molecule has 0 radical (unpaired) electrons. The number of rotatable bonds is 4. The second-order valence-corrected chi connectivity index (χ2v) is 12.1. The van der Waals surface area contributed by atoms with E-state index in [4.69, 9.17) is 4.42 Å². The molecular formula is C44H28N2O. The van der Waals surface area contributed by atoms with Crippen LogP contribution in [0, 0.1) is 0 Å². The van der Waals surface area contributed by atoms with Crippen LogP contribution in [0.25, 0.3) is 71.0 Å². The first-order valence-corrected chi connectivity index (χ1v) is 16.0. The molecule has 0 fully saturated rings. The van der Waals surface area contributed by atoms with Gasteiger partial charge in [-0.2, -0.15) is 0 Å². The topological polar surface area (TPSA) is 21.3 Å².